The van der Waals surface area contributed by atoms with Crippen LogP contribution in [-0.2, 0) is 16.6 Å². The number of hydrogen-bond acceptors (Lipinski definition) is 4. The Labute approximate surface area is 119 Å². The van der Waals surface area contributed by atoms with Gasteiger partial charge in [0, 0.05) is 22.8 Å². The van der Waals surface area contributed by atoms with Crippen LogP contribution in [-0.4, -0.2) is 21.0 Å². The van der Waals surface area contributed by atoms with E-state index in [4.69, 9.17) is 0 Å². The minimum Gasteiger partial charge on any atom is -0.312 e. The van der Waals surface area contributed by atoms with E-state index in [-0.39, 0.29) is 6.04 Å². The van der Waals surface area contributed by atoms with Crippen molar-refractivity contribution in [2.24, 2.45) is 5.92 Å². The Morgan fingerprint density at radius 1 is 1.42 bits per heavy atom. The van der Waals surface area contributed by atoms with Crippen LogP contribution in [0.2, 0.25) is 0 Å². The monoisotopic (exact) mass is 302 g/mol. The van der Waals surface area contributed by atoms with Crippen LogP contribution in [0, 0.1) is 5.92 Å². The fourth-order valence-electron chi connectivity index (χ4n) is 2.27. The van der Waals surface area contributed by atoms with E-state index in [0.29, 0.717) is 10.8 Å². The Hall–Kier alpha value is -0.430. The number of sulfonamides is 1. The third-order valence-electron chi connectivity index (χ3n) is 3.36. The number of nitrogens with one attached hydrogen (secondary N) is 2. The van der Waals surface area contributed by atoms with Gasteiger partial charge in [0.15, 0.2) is 0 Å². The molecule has 19 heavy (non-hydrogen) atoms. The van der Waals surface area contributed by atoms with Gasteiger partial charge in [-0.15, -0.1) is 11.3 Å². The maximum absolute atomic E-state index is 12.2. The third-order valence-corrected chi connectivity index (χ3v) is 5.95. The first-order valence-corrected chi connectivity index (χ1v) is 9.18. The van der Waals surface area contributed by atoms with E-state index in [2.05, 4.69) is 23.9 Å². The van der Waals surface area contributed by atoms with Gasteiger partial charge in [-0.05, 0) is 37.8 Å². The molecule has 0 spiro atoms. The summed E-state index contributed by atoms with van der Waals surface area (Å²) in [5, 5.41) is 5.01. The molecule has 2 rings (SSSR count). The summed E-state index contributed by atoms with van der Waals surface area (Å²) in [5.41, 5.74) is 0. The minimum atomic E-state index is -3.32. The molecule has 0 unspecified atom stereocenters. The summed E-state index contributed by atoms with van der Waals surface area (Å²) in [6, 6.07) is 1.90. The molecule has 0 bridgehead atoms. The zero-order valence-corrected chi connectivity index (χ0v) is 13.1. The van der Waals surface area contributed by atoms with E-state index in [1.807, 2.05) is 0 Å². The van der Waals surface area contributed by atoms with Crippen LogP contribution in [0.15, 0.2) is 16.3 Å². The van der Waals surface area contributed by atoms with Crippen LogP contribution in [0.3, 0.4) is 0 Å². The SMILES string of the molecule is CCCNCc1cc(S(=O)(=O)NC2CC(C)C2)cs1. The largest absolute Gasteiger partial charge is 0.312 e. The average molecular weight is 302 g/mol. The molecule has 1 saturated carbocycles. The van der Waals surface area contributed by atoms with Crippen molar-refractivity contribution in [3.8, 4) is 0 Å². The van der Waals surface area contributed by atoms with Crippen molar-refractivity contribution in [1.82, 2.24) is 10.0 Å². The van der Waals surface area contributed by atoms with Gasteiger partial charge >= 0.3 is 0 Å². The van der Waals surface area contributed by atoms with Crippen LogP contribution >= 0.6 is 11.3 Å². The normalized spacial score (nSPS) is 23.3. The zero-order valence-electron chi connectivity index (χ0n) is 11.5. The molecule has 108 valence electrons. The summed E-state index contributed by atoms with van der Waals surface area (Å²) in [7, 11) is -3.32. The van der Waals surface area contributed by atoms with E-state index in [1.165, 1.54) is 11.3 Å². The number of thiophene rings is 1. The Morgan fingerprint density at radius 2 is 2.16 bits per heavy atom. The average Bonchev–Trinajstić information content (AvgIpc) is 2.77. The number of rotatable bonds is 7. The molecular formula is C13H22N2O2S2. The van der Waals surface area contributed by atoms with Gasteiger partial charge in [-0.2, -0.15) is 0 Å². The maximum atomic E-state index is 12.2. The van der Waals surface area contributed by atoms with Gasteiger partial charge in [-0.3, -0.25) is 0 Å². The van der Waals surface area contributed by atoms with E-state index >= 15 is 0 Å². The summed E-state index contributed by atoms with van der Waals surface area (Å²) in [5.74, 6) is 0.643. The van der Waals surface area contributed by atoms with Crippen LogP contribution in [0.4, 0.5) is 0 Å². The van der Waals surface area contributed by atoms with Gasteiger partial charge in [0.05, 0.1) is 4.90 Å². The highest BCUT2D eigenvalue weighted by molar-refractivity contribution is 7.89. The van der Waals surface area contributed by atoms with Crippen molar-refractivity contribution in [2.75, 3.05) is 6.54 Å². The van der Waals surface area contributed by atoms with Crippen molar-refractivity contribution < 1.29 is 8.42 Å². The predicted octanol–water partition coefficient (Wildman–Crippen LogP) is 2.32. The topological polar surface area (TPSA) is 58.2 Å². The smallest absolute Gasteiger partial charge is 0.241 e. The molecule has 1 aliphatic rings. The highest BCUT2D eigenvalue weighted by atomic mass is 32.2. The summed E-state index contributed by atoms with van der Waals surface area (Å²) in [6.45, 7) is 5.96. The molecule has 1 heterocycles. The van der Waals surface area contributed by atoms with E-state index in [1.54, 1.807) is 11.4 Å². The number of hydrogen-bond donors (Lipinski definition) is 2. The van der Waals surface area contributed by atoms with Crippen molar-refractivity contribution in [2.45, 2.75) is 50.6 Å². The van der Waals surface area contributed by atoms with E-state index in [0.717, 1.165) is 37.2 Å². The summed E-state index contributed by atoms with van der Waals surface area (Å²) in [4.78, 5) is 1.47. The first-order chi connectivity index (χ1) is 9.01. The molecule has 0 amide bonds. The summed E-state index contributed by atoms with van der Waals surface area (Å²) < 4.78 is 27.1. The molecule has 1 aromatic rings. The van der Waals surface area contributed by atoms with Crippen molar-refractivity contribution >= 4 is 21.4 Å². The first-order valence-electron chi connectivity index (χ1n) is 6.81. The van der Waals surface area contributed by atoms with E-state index in [9.17, 15) is 8.42 Å². The second-order valence-electron chi connectivity index (χ2n) is 5.32. The lowest BCUT2D eigenvalue weighted by Crippen LogP contribution is -2.43. The van der Waals surface area contributed by atoms with Gasteiger partial charge in [0.2, 0.25) is 10.0 Å². The Bertz CT molecular complexity index is 504. The quantitative estimate of drug-likeness (QED) is 0.760. The van der Waals surface area contributed by atoms with Gasteiger partial charge in [0.25, 0.3) is 0 Å². The summed E-state index contributed by atoms with van der Waals surface area (Å²) >= 11 is 1.50. The van der Waals surface area contributed by atoms with Gasteiger partial charge in [-0.25, -0.2) is 13.1 Å². The van der Waals surface area contributed by atoms with Crippen molar-refractivity contribution in [1.29, 1.82) is 0 Å². The molecule has 1 fully saturated rings. The fourth-order valence-corrected chi connectivity index (χ4v) is 4.77. The van der Waals surface area contributed by atoms with Crippen LogP contribution in [0.5, 0.6) is 0 Å². The Morgan fingerprint density at radius 3 is 2.79 bits per heavy atom. The maximum Gasteiger partial charge on any atom is 0.241 e. The Kier molecular flexibility index (Phi) is 5.00. The molecule has 0 atom stereocenters. The van der Waals surface area contributed by atoms with Crippen LogP contribution in [0.1, 0.15) is 38.0 Å². The molecule has 6 heteroatoms. The molecule has 0 radical (unpaired) electrons. The molecule has 0 saturated heterocycles. The molecular weight excluding hydrogens is 280 g/mol. The second kappa shape index (κ2) is 6.35. The molecule has 1 aliphatic carbocycles. The van der Waals surface area contributed by atoms with Crippen LogP contribution < -0.4 is 10.0 Å². The predicted molar refractivity (Wildman–Crippen MR) is 78.8 cm³/mol. The highest BCUT2D eigenvalue weighted by Crippen LogP contribution is 2.28. The highest BCUT2D eigenvalue weighted by Gasteiger charge is 2.30. The second-order valence-corrected chi connectivity index (χ2v) is 8.03. The lowest BCUT2D eigenvalue weighted by atomic mass is 9.83. The lowest BCUT2D eigenvalue weighted by Gasteiger charge is -2.32. The molecule has 4 nitrogen and oxygen atoms in total. The molecule has 1 aromatic heterocycles. The standard InChI is InChI=1S/C13H22N2O2S2/c1-3-4-14-8-12-7-13(9-18-12)19(16,17)15-11-5-10(2)6-11/h7,9-11,14-15H,3-6,8H2,1-2H3. The van der Waals surface area contributed by atoms with E-state index < -0.39 is 10.0 Å². The summed E-state index contributed by atoms with van der Waals surface area (Å²) in [6.07, 6.45) is 2.99. The third kappa shape index (κ3) is 4.02. The van der Waals surface area contributed by atoms with Gasteiger partial charge in [0.1, 0.15) is 0 Å². The first kappa shape index (κ1) is 15.0. The van der Waals surface area contributed by atoms with Crippen molar-refractivity contribution in [3.63, 3.8) is 0 Å². The van der Waals surface area contributed by atoms with Crippen LogP contribution in [0.25, 0.3) is 0 Å². The fraction of sp³-hybridized carbons (Fsp3) is 0.692. The Balaban J connectivity index is 1.92. The van der Waals surface area contributed by atoms with Gasteiger partial charge < -0.3 is 5.32 Å². The van der Waals surface area contributed by atoms with Gasteiger partial charge in [-0.1, -0.05) is 13.8 Å². The minimum absolute atomic E-state index is 0.126. The zero-order chi connectivity index (χ0) is 13.9. The van der Waals surface area contributed by atoms with Crippen molar-refractivity contribution in [3.05, 3.63) is 16.3 Å². The molecule has 0 aromatic carbocycles. The molecule has 2 N–H and O–H groups in total. The molecule has 0 aliphatic heterocycles. The lowest BCUT2D eigenvalue weighted by molar-refractivity contribution is 0.270.